The molecule has 0 spiro atoms. The molecular weight excluding hydrogens is 367 g/mol. The van der Waals surface area contributed by atoms with Gasteiger partial charge in [-0.15, -0.1) is 0 Å². The lowest BCUT2D eigenvalue weighted by Gasteiger charge is -2.09. The van der Waals surface area contributed by atoms with Crippen molar-refractivity contribution in [3.63, 3.8) is 0 Å². The molecule has 1 N–H and O–H groups in total. The number of amidine groups is 1. The number of nitrogens with zero attached hydrogens (tertiary/aromatic N) is 4. The van der Waals surface area contributed by atoms with E-state index in [9.17, 15) is 8.78 Å². The molecule has 0 fully saturated rings. The van der Waals surface area contributed by atoms with E-state index in [1.807, 2.05) is 0 Å². The van der Waals surface area contributed by atoms with Crippen LogP contribution in [-0.4, -0.2) is 20.4 Å². The van der Waals surface area contributed by atoms with Gasteiger partial charge in [-0.2, -0.15) is 5.10 Å². The zero-order chi connectivity index (χ0) is 17.7. The summed E-state index contributed by atoms with van der Waals surface area (Å²) in [7, 11) is 2.45. The van der Waals surface area contributed by atoms with Gasteiger partial charge in [0.2, 0.25) is 0 Å². The van der Waals surface area contributed by atoms with E-state index in [0.29, 0.717) is 33.5 Å². The van der Waals surface area contributed by atoms with E-state index in [1.54, 1.807) is 23.6 Å². The number of nitrogens with one attached hydrogen (secondary N) is 1. The molecule has 0 saturated heterocycles. The normalized spacial score (nSPS) is 12.8. The number of benzene rings is 1. The smallest absolute Gasteiger partial charge is 0.144 e. The summed E-state index contributed by atoms with van der Waals surface area (Å²) >= 11 is 6.09. The number of anilines is 1. The lowest BCUT2D eigenvalue weighted by atomic mass is 10.1. The molecule has 0 saturated carbocycles. The summed E-state index contributed by atoms with van der Waals surface area (Å²) in [5.41, 5.74) is 2.65. The fourth-order valence-corrected chi connectivity index (χ4v) is 3.36. The number of rotatable bonds is 1. The van der Waals surface area contributed by atoms with Gasteiger partial charge in [-0.1, -0.05) is 17.7 Å². The van der Waals surface area contributed by atoms with Gasteiger partial charge in [0.25, 0.3) is 0 Å². The van der Waals surface area contributed by atoms with Crippen molar-refractivity contribution in [2.24, 2.45) is 4.99 Å². The molecule has 1 atom stereocenters. The van der Waals surface area contributed by atoms with Gasteiger partial charge in [0.15, 0.2) is 0 Å². The summed E-state index contributed by atoms with van der Waals surface area (Å²) in [5.74, 6) is -1.39. The van der Waals surface area contributed by atoms with Crippen LogP contribution in [0.3, 0.4) is 0 Å². The molecule has 126 valence electrons. The Morgan fingerprint density at radius 2 is 1.96 bits per heavy atom. The molecule has 3 heterocycles. The van der Waals surface area contributed by atoms with Gasteiger partial charge in [-0.25, -0.2) is 23.2 Å². The van der Waals surface area contributed by atoms with Crippen LogP contribution in [-0.2, 0) is 0 Å². The summed E-state index contributed by atoms with van der Waals surface area (Å²) in [4.78, 5) is 8.65. The predicted octanol–water partition coefficient (Wildman–Crippen LogP) is 4.33. The zero-order valence-corrected chi connectivity index (χ0v) is 14.8. The first-order chi connectivity index (χ1) is 12.0. The molecule has 1 aromatic carbocycles. The predicted molar refractivity (Wildman–Crippen MR) is 96.5 cm³/mol. The Kier molecular flexibility index (Phi) is 3.78. The van der Waals surface area contributed by atoms with Crippen LogP contribution < -0.4 is 5.32 Å². The summed E-state index contributed by atoms with van der Waals surface area (Å²) < 4.78 is 30.1. The second kappa shape index (κ2) is 5.86. The summed E-state index contributed by atoms with van der Waals surface area (Å²) in [5, 5.41) is 7.45. The SMILES string of the molecule is Cc1nc(Cl)cc2c1N=C(c1c(F)cccc1F)Nc1cnn(P)c1-2. The van der Waals surface area contributed by atoms with Crippen LogP contribution in [0, 0.1) is 18.6 Å². The van der Waals surface area contributed by atoms with Crippen molar-refractivity contribution in [1.82, 2.24) is 14.5 Å². The van der Waals surface area contributed by atoms with Crippen LogP contribution >= 0.6 is 21.0 Å². The van der Waals surface area contributed by atoms with Crippen molar-refractivity contribution in [1.29, 1.82) is 0 Å². The minimum absolute atomic E-state index is 0.0424. The van der Waals surface area contributed by atoms with Crippen LogP contribution in [0.25, 0.3) is 11.3 Å². The van der Waals surface area contributed by atoms with Gasteiger partial charge in [0, 0.05) is 5.56 Å². The first-order valence-corrected chi connectivity index (χ1v) is 8.16. The first kappa shape index (κ1) is 16.1. The number of aliphatic imine (C=N–C) groups is 1. The Hall–Kier alpha value is -2.37. The Morgan fingerprint density at radius 1 is 1.24 bits per heavy atom. The Labute approximate surface area is 149 Å². The number of halogens is 3. The molecule has 1 unspecified atom stereocenters. The average Bonchev–Trinajstić information content (AvgIpc) is 2.81. The number of hydrogen-bond donors (Lipinski definition) is 1. The number of pyridine rings is 1. The van der Waals surface area contributed by atoms with Crippen molar-refractivity contribution < 1.29 is 8.78 Å². The maximum Gasteiger partial charge on any atom is 0.144 e. The number of aryl methyl sites for hydroxylation is 1. The lowest BCUT2D eigenvalue weighted by Crippen LogP contribution is -2.16. The number of hydrogen-bond acceptors (Lipinski definition) is 4. The van der Waals surface area contributed by atoms with Gasteiger partial charge in [-0.05, 0) is 34.5 Å². The monoisotopic (exact) mass is 377 g/mol. The summed E-state index contributed by atoms with van der Waals surface area (Å²) in [6, 6.07) is 5.32. The third-order valence-electron chi connectivity index (χ3n) is 3.86. The number of fused-ring (bicyclic) bond motifs is 3. The van der Waals surface area contributed by atoms with Gasteiger partial charge >= 0.3 is 0 Å². The Morgan fingerprint density at radius 3 is 2.68 bits per heavy atom. The van der Waals surface area contributed by atoms with E-state index in [4.69, 9.17) is 11.6 Å². The molecule has 25 heavy (non-hydrogen) atoms. The Balaban J connectivity index is 2.06. The van der Waals surface area contributed by atoms with Crippen molar-refractivity contribution in [2.75, 3.05) is 5.32 Å². The van der Waals surface area contributed by atoms with Crippen LogP contribution in [0.15, 0.2) is 35.5 Å². The largest absolute Gasteiger partial charge is 0.336 e. The molecule has 9 heteroatoms. The van der Waals surface area contributed by atoms with Crippen LogP contribution in [0.2, 0.25) is 5.15 Å². The third-order valence-corrected chi connectivity index (χ3v) is 4.45. The highest BCUT2D eigenvalue weighted by molar-refractivity contribution is 7.14. The molecule has 1 aliphatic rings. The van der Waals surface area contributed by atoms with Crippen LogP contribution in [0.1, 0.15) is 11.3 Å². The topological polar surface area (TPSA) is 55.1 Å². The van der Waals surface area contributed by atoms with E-state index in [2.05, 4.69) is 29.8 Å². The van der Waals surface area contributed by atoms with Crippen LogP contribution in [0.5, 0.6) is 0 Å². The minimum atomic E-state index is -0.714. The molecule has 0 radical (unpaired) electrons. The second-order valence-electron chi connectivity index (χ2n) is 5.46. The maximum atomic E-state index is 14.3. The van der Waals surface area contributed by atoms with E-state index in [1.165, 1.54) is 18.2 Å². The molecule has 0 aliphatic carbocycles. The summed E-state index contributed by atoms with van der Waals surface area (Å²) in [6.45, 7) is 1.73. The molecular formula is C16H11ClF2N5P. The van der Waals surface area contributed by atoms with Gasteiger partial charge < -0.3 is 5.32 Å². The van der Waals surface area contributed by atoms with Gasteiger partial charge in [0.1, 0.15) is 22.6 Å². The lowest BCUT2D eigenvalue weighted by molar-refractivity contribution is 0.579. The van der Waals surface area contributed by atoms with E-state index in [0.717, 1.165) is 0 Å². The maximum absolute atomic E-state index is 14.3. The van der Waals surface area contributed by atoms with Crippen LogP contribution in [0.4, 0.5) is 20.2 Å². The highest BCUT2D eigenvalue weighted by Gasteiger charge is 2.25. The van der Waals surface area contributed by atoms with Crippen molar-refractivity contribution in [3.05, 3.63) is 58.5 Å². The van der Waals surface area contributed by atoms with Crippen molar-refractivity contribution in [2.45, 2.75) is 6.92 Å². The molecule has 4 rings (SSSR count). The molecule has 2 aromatic heterocycles. The number of aromatic nitrogens is 3. The Bertz CT molecular complexity index is 1030. The highest BCUT2D eigenvalue weighted by Crippen LogP contribution is 2.41. The molecule has 1 aliphatic heterocycles. The van der Waals surface area contributed by atoms with Crippen molar-refractivity contribution in [3.8, 4) is 11.3 Å². The third kappa shape index (κ3) is 2.60. The summed E-state index contributed by atoms with van der Waals surface area (Å²) in [6.07, 6.45) is 1.55. The van der Waals surface area contributed by atoms with E-state index >= 15 is 0 Å². The van der Waals surface area contributed by atoms with E-state index < -0.39 is 11.6 Å². The minimum Gasteiger partial charge on any atom is -0.336 e. The first-order valence-electron chi connectivity index (χ1n) is 7.26. The second-order valence-corrected chi connectivity index (χ2v) is 6.34. The van der Waals surface area contributed by atoms with Gasteiger partial charge in [-0.3, -0.25) is 0 Å². The fourth-order valence-electron chi connectivity index (χ4n) is 2.78. The molecule has 3 aromatic rings. The fraction of sp³-hybridized carbons (Fsp3) is 0.0625. The molecule has 0 amide bonds. The van der Waals surface area contributed by atoms with Crippen molar-refractivity contribution >= 4 is 38.2 Å². The van der Waals surface area contributed by atoms with Gasteiger partial charge in [0.05, 0.1) is 34.5 Å². The standard InChI is InChI=1S/C16H11ClF2N5P/c1-7-14-8(5-12(17)21-7)15-11(6-20-24(15)25)22-16(23-14)13-9(18)3-2-4-10(13)19/h2-6H,25H2,1H3,(H,22,23). The quantitative estimate of drug-likeness (QED) is 0.507. The molecule has 5 nitrogen and oxygen atoms in total. The molecule has 0 bridgehead atoms. The zero-order valence-electron chi connectivity index (χ0n) is 12.9. The van der Waals surface area contributed by atoms with E-state index in [-0.39, 0.29) is 11.4 Å². The average molecular weight is 378 g/mol. The highest BCUT2D eigenvalue weighted by atomic mass is 35.5.